The van der Waals surface area contributed by atoms with E-state index in [0.717, 1.165) is 19.3 Å². The third-order valence-corrected chi connectivity index (χ3v) is 4.36. The van der Waals surface area contributed by atoms with Crippen LogP contribution in [0.2, 0.25) is 0 Å². The Morgan fingerprint density at radius 2 is 1.85 bits per heavy atom. The van der Waals surface area contributed by atoms with Crippen molar-refractivity contribution in [3.8, 4) is 11.5 Å². The van der Waals surface area contributed by atoms with Gasteiger partial charge in [-0.3, -0.25) is 19.7 Å². The molecule has 1 aromatic carbocycles. The van der Waals surface area contributed by atoms with Crippen molar-refractivity contribution >= 4 is 17.6 Å². The predicted octanol–water partition coefficient (Wildman–Crippen LogP) is 2.56. The van der Waals surface area contributed by atoms with E-state index < -0.39 is 4.92 Å². The smallest absolute Gasteiger partial charge is 0.305 e. The first kappa shape index (κ1) is 20.5. The zero-order valence-electron chi connectivity index (χ0n) is 15.6. The number of nitro groups is 1. The first-order valence-corrected chi connectivity index (χ1v) is 8.83. The molecule has 1 fully saturated rings. The molecule has 0 atom stereocenters. The molecule has 148 valence electrons. The van der Waals surface area contributed by atoms with Crippen LogP contribution in [0.5, 0.6) is 11.5 Å². The van der Waals surface area contributed by atoms with Crippen LogP contribution in [0.1, 0.15) is 42.5 Å². The van der Waals surface area contributed by atoms with Gasteiger partial charge in [0.1, 0.15) is 5.56 Å². The molecule has 1 aliphatic rings. The molecule has 0 unspecified atom stereocenters. The van der Waals surface area contributed by atoms with Crippen molar-refractivity contribution in [1.29, 1.82) is 0 Å². The Balaban J connectivity index is 2.21. The number of nitrogens with zero attached hydrogens (tertiary/aromatic N) is 2. The highest BCUT2D eigenvalue weighted by molar-refractivity contribution is 5.99. The molecule has 1 aromatic rings. The number of likely N-dealkylation sites (tertiary alicyclic amines) is 1. The standard InChI is InChI=1S/C18H24N2O7/c1-25-15-11-13(18(22)19-8-4-3-5-9-19)14(20(23)24)12-16(15)27-10-6-7-17(21)26-2/h11-12H,3-10H2,1-2H3. The minimum Gasteiger partial charge on any atom is -0.493 e. The highest BCUT2D eigenvalue weighted by Gasteiger charge is 2.28. The Kier molecular flexibility index (Phi) is 7.39. The summed E-state index contributed by atoms with van der Waals surface area (Å²) >= 11 is 0. The molecular weight excluding hydrogens is 356 g/mol. The molecule has 0 aliphatic carbocycles. The zero-order valence-corrected chi connectivity index (χ0v) is 15.6. The maximum atomic E-state index is 12.7. The summed E-state index contributed by atoms with van der Waals surface area (Å²) < 4.78 is 15.3. The summed E-state index contributed by atoms with van der Waals surface area (Å²) in [7, 11) is 2.70. The molecule has 1 heterocycles. The summed E-state index contributed by atoms with van der Waals surface area (Å²) in [6, 6.07) is 2.55. The molecule has 27 heavy (non-hydrogen) atoms. The summed E-state index contributed by atoms with van der Waals surface area (Å²) in [6.45, 7) is 1.33. The molecular formula is C18H24N2O7. The van der Waals surface area contributed by atoms with Gasteiger partial charge in [0.25, 0.3) is 11.6 Å². The molecule has 0 radical (unpaired) electrons. The highest BCUT2D eigenvalue weighted by atomic mass is 16.6. The SMILES string of the molecule is COC(=O)CCCOc1cc([N+](=O)[O-])c(C(=O)N2CCCCC2)cc1OC. The molecule has 1 aliphatic heterocycles. The fraction of sp³-hybridized carbons (Fsp3) is 0.556. The average Bonchev–Trinajstić information content (AvgIpc) is 2.70. The molecule has 1 saturated heterocycles. The second kappa shape index (κ2) is 9.75. The normalized spacial score (nSPS) is 13.8. The minimum absolute atomic E-state index is 0.0133. The monoisotopic (exact) mass is 380 g/mol. The lowest BCUT2D eigenvalue weighted by molar-refractivity contribution is -0.385. The van der Waals surface area contributed by atoms with Crippen molar-refractivity contribution in [3.05, 3.63) is 27.8 Å². The number of benzene rings is 1. The minimum atomic E-state index is -0.599. The first-order valence-electron chi connectivity index (χ1n) is 8.83. The van der Waals surface area contributed by atoms with E-state index in [2.05, 4.69) is 4.74 Å². The number of carbonyl (C=O) groups excluding carboxylic acids is 2. The van der Waals surface area contributed by atoms with Gasteiger partial charge < -0.3 is 19.1 Å². The van der Waals surface area contributed by atoms with Crippen LogP contribution in [0.3, 0.4) is 0 Å². The van der Waals surface area contributed by atoms with Crippen LogP contribution in [-0.2, 0) is 9.53 Å². The van der Waals surface area contributed by atoms with Crippen LogP contribution in [0.25, 0.3) is 0 Å². The Labute approximate surface area is 157 Å². The molecule has 1 amide bonds. The fourth-order valence-corrected chi connectivity index (χ4v) is 2.91. The lowest BCUT2D eigenvalue weighted by Crippen LogP contribution is -2.35. The van der Waals surface area contributed by atoms with Gasteiger partial charge in [-0.15, -0.1) is 0 Å². The van der Waals surface area contributed by atoms with Gasteiger partial charge in [0.2, 0.25) is 0 Å². The molecule has 2 rings (SSSR count). The van der Waals surface area contributed by atoms with Crippen molar-refractivity contribution in [2.75, 3.05) is 33.9 Å². The van der Waals surface area contributed by atoms with Crippen LogP contribution in [-0.4, -0.2) is 55.6 Å². The summed E-state index contributed by atoms with van der Waals surface area (Å²) in [4.78, 5) is 36.4. The Hall–Kier alpha value is -2.84. The maximum absolute atomic E-state index is 12.7. The number of ether oxygens (including phenoxy) is 3. The maximum Gasteiger partial charge on any atom is 0.305 e. The van der Waals surface area contributed by atoms with E-state index in [0.29, 0.717) is 19.5 Å². The molecule has 0 saturated carbocycles. The van der Waals surface area contributed by atoms with Crippen LogP contribution in [0.15, 0.2) is 12.1 Å². The number of amides is 1. The lowest BCUT2D eigenvalue weighted by atomic mass is 10.1. The van der Waals surface area contributed by atoms with E-state index in [1.54, 1.807) is 4.90 Å². The first-order chi connectivity index (χ1) is 13.0. The Morgan fingerprint density at radius 1 is 1.15 bits per heavy atom. The zero-order chi connectivity index (χ0) is 19.8. The van der Waals surface area contributed by atoms with E-state index in [9.17, 15) is 19.7 Å². The second-order valence-electron chi connectivity index (χ2n) is 6.16. The second-order valence-corrected chi connectivity index (χ2v) is 6.16. The van der Waals surface area contributed by atoms with Crippen molar-refractivity contribution in [2.45, 2.75) is 32.1 Å². The molecule has 9 heteroatoms. The summed E-state index contributed by atoms with van der Waals surface area (Å²) in [5, 5.41) is 11.5. The largest absolute Gasteiger partial charge is 0.493 e. The topological polar surface area (TPSA) is 108 Å². The summed E-state index contributed by atoms with van der Waals surface area (Å²) in [6.07, 6.45) is 3.38. The van der Waals surface area contributed by atoms with Crippen LogP contribution in [0.4, 0.5) is 5.69 Å². The Morgan fingerprint density at radius 3 is 2.44 bits per heavy atom. The van der Waals surface area contributed by atoms with E-state index in [-0.39, 0.29) is 47.7 Å². The van der Waals surface area contributed by atoms with Gasteiger partial charge >= 0.3 is 5.97 Å². The van der Waals surface area contributed by atoms with Gasteiger partial charge in [0, 0.05) is 25.6 Å². The number of piperidine rings is 1. The van der Waals surface area contributed by atoms with Gasteiger partial charge in [0.05, 0.1) is 31.8 Å². The van der Waals surface area contributed by atoms with Crippen LogP contribution >= 0.6 is 0 Å². The van der Waals surface area contributed by atoms with Gasteiger partial charge in [-0.05, 0) is 25.7 Å². The summed E-state index contributed by atoms with van der Waals surface area (Å²) in [5.41, 5.74) is -0.338. The molecule has 9 nitrogen and oxygen atoms in total. The van der Waals surface area contributed by atoms with Gasteiger partial charge in [-0.1, -0.05) is 0 Å². The number of rotatable bonds is 8. The number of hydrogen-bond acceptors (Lipinski definition) is 7. The number of methoxy groups -OCH3 is 2. The molecule has 0 spiro atoms. The molecule has 0 bridgehead atoms. The number of carbonyl (C=O) groups is 2. The van der Waals surface area contributed by atoms with Crippen molar-refractivity contribution in [2.24, 2.45) is 0 Å². The number of hydrogen-bond donors (Lipinski definition) is 0. The average molecular weight is 380 g/mol. The van der Waals surface area contributed by atoms with E-state index >= 15 is 0 Å². The summed E-state index contributed by atoms with van der Waals surface area (Å²) in [5.74, 6) is -0.348. The Bertz CT molecular complexity index is 699. The highest BCUT2D eigenvalue weighted by Crippen LogP contribution is 2.35. The van der Waals surface area contributed by atoms with E-state index in [4.69, 9.17) is 9.47 Å². The van der Waals surface area contributed by atoms with Crippen LogP contribution < -0.4 is 9.47 Å². The van der Waals surface area contributed by atoms with E-state index in [1.807, 2.05) is 0 Å². The third-order valence-electron chi connectivity index (χ3n) is 4.36. The lowest BCUT2D eigenvalue weighted by Gasteiger charge is -2.26. The predicted molar refractivity (Wildman–Crippen MR) is 96.1 cm³/mol. The van der Waals surface area contributed by atoms with Crippen molar-refractivity contribution < 1.29 is 28.7 Å². The number of nitro benzene ring substituents is 1. The van der Waals surface area contributed by atoms with E-state index in [1.165, 1.54) is 26.4 Å². The molecule has 0 aromatic heterocycles. The third kappa shape index (κ3) is 5.32. The fourth-order valence-electron chi connectivity index (χ4n) is 2.91. The molecule has 0 N–H and O–H groups in total. The van der Waals surface area contributed by atoms with Gasteiger partial charge in [-0.25, -0.2) is 0 Å². The quantitative estimate of drug-likeness (QED) is 0.295. The van der Waals surface area contributed by atoms with Crippen molar-refractivity contribution in [1.82, 2.24) is 4.90 Å². The van der Waals surface area contributed by atoms with Gasteiger partial charge in [-0.2, -0.15) is 0 Å². The van der Waals surface area contributed by atoms with Crippen LogP contribution in [0, 0.1) is 10.1 Å². The van der Waals surface area contributed by atoms with Crippen molar-refractivity contribution in [3.63, 3.8) is 0 Å². The van der Waals surface area contributed by atoms with Gasteiger partial charge in [0.15, 0.2) is 11.5 Å². The number of esters is 1.